The Morgan fingerprint density at radius 3 is 2.26 bits per heavy atom. The molecular weight excluding hydrogens is 392 g/mol. The molecule has 0 aliphatic rings. The van der Waals surface area contributed by atoms with Crippen LogP contribution in [0.2, 0.25) is 0 Å². The molecule has 7 nitrogen and oxygen atoms in total. The first-order valence-corrected chi connectivity index (χ1v) is 10.6. The monoisotopic (exact) mass is 424 g/mol. The average Bonchev–Trinajstić information content (AvgIpc) is 3.22. The summed E-state index contributed by atoms with van der Waals surface area (Å²) in [6.07, 6.45) is 0. The molecule has 3 N–H and O–H groups in total. The number of H-pyrrole nitrogens is 1. The SMILES string of the molecule is CCOc1ccc([C@@H](N)c2n[nH]c(COc3ccc(C(C)(C)C)cc3)n2)cc1OCC. The molecule has 1 aromatic heterocycles. The fourth-order valence-electron chi connectivity index (χ4n) is 3.13. The summed E-state index contributed by atoms with van der Waals surface area (Å²) in [7, 11) is 0. The summed E-state index contributed by atoms with van der Waals surface area (Å²) < 4.78 is 17.1. The molecule has 0 unspecified atom stereocenters. The first-order chi connectivity index (χ1) is 14.8. The molecule has 31 heavy (non-hydrogen) atoms. The van der Waals surface area contributed by atoms with Gasteiger partial charge in [-0.05, 0) is 54.7 Å². The van der Waals surface area contributed by atoms with Crippen LogP contribution in [0.1, 0.15) is 63.4 Å². The van der Waals surface area contributed by atoms with Gasteiger partial charge in [0.2, 0.25) is 0 Å². The Labute approximate surface area is 183 Å². The van der Waals surface area contributed by atoms with Crippen LogP contribution in [-0.4, -0.2) is 28.4 Å². The highest BCUT2D eigenvalue weighted by Crippen LogP contribution is 2.31. The molecule has 0 amide bonds. The maximum atomic E-state index is 6.40. The van der Waals surface area contributed by atoms with E-state index in [1.165, 1.54) is 5.56 Å². The molecule has 0 fully saturated rings. The standard InChI is InChI=1S/C24H32N4O3/c1-6-29-19-13-8-16(14-20(19)30-7-2)22(25)23-26-21(27-28-23)15-31-18-11-9-17(10-12-18)24(3,4)5/h8-14,22H,6-7,15,25H2,1-5H3,(H,26,27,28)/t22-/m1/s1. The van der Waals surface area contributed by atoms with Crippen LogP contribution in [0.5, 0.6) is 17.2 Å². The van der Waals surface area contributed by atoms with Gasteiger partial charge in [-0.25, -0.2) is 4.98 Å². The topological polar surface area (TPSA) is 95.3 Å². The van der Waals surface area contributed by atoms with E-state index in [-0.39, 0.29) is 12.0 Å². The maximum Gasteiger partial charge on any atom is 0.172 e. The van der Waals surface area contributed by atoms with Crippen molar-refractivity contribution in [1.82, 2.24) is 15.2 Å². The highest BCUT2D eigenvalue weighted by molar-refractivity contribution is 5.45. The summed E-state index contributed by atoms with van der Waals surface area (Å²) in [5.41, 5.74) is 8.61. The number of nitrogens with one attached hydrogen (secondary N) is 1. The van der Waals surface area contributed by atoms with Crippen LogP contribution in [0.4, 0.5) is 0 Å². The minimum Gasteiger partial charge on any atom is -0.490 e. The van der Waals surface area contributed by atoms with Gasteiger partial charge in [0.15, 0.2) is 23.1 Å². The van der Waals surface area contributed by atoms with Gasteiger partial charge >= 0.3 is 0 Å². The number of hydrogen-bond acceptors (Lipinski definition) is 6. The van der Waals surface area contributed by atoms with Crippen LogP contribution in [-0.2, 0) is 12.0 Å². The Balaban J connectivity index is 1.66. The Kier molecular flexibility index (Phi) is 7.17. The molecule has 3 aromatic rings. The zero-order valence-corrected chi connectivity index (χ0v) is 18.9. The van der Waals surface area contributed by atoms with Crippen molar-refractivity contribution < 1.29 is 14.2 Å². The Hall–Kier alpha value is -3.06. The molecule has 0 aliphatic heterocycles. The van der Waals surface area contributed by atoms with Gasteiger partial charge in [0.1, 0.15) is 12.4 Å². The second-order valence-corrected chi connectivity index (χ2v) is 8.25. The predicted molar refractivity (Wildman–Crippen MR) is 121 cm³/mol. The number of aromatic amines is 1. The molecule has 1 heterocycles. The number of benzene rings is 2. The molecule has 0 aliphatic carbocycles. The lowest BCUT2D eigenvalue weighted by Gasteiger charge is -2.19. The molecule has 2 aromatic carbocycles. The van der Waals surface area contributed by atoms with Gasteiger partial charge < -0.3 is 19.9 Å². The minimum absolute atomic E-state index is 0.109. The molecule has 1 atom stereocenters. The largest absolute Gasteiger partial charge is 0.490 e. The van der Waals surface area contributed by atoms with E-state index in [9.17, 15) is 0 Å². The Morgan fingerprint density at radius 2 is 1.61 bits per heavy atom. The lowest BCUT2D eigenvalue weighted by Crippen LogP contribution is -2.14. The second-order valence-electron chi connectivity index (χ2n) is 8.25. The third kappa shape index (κ3) is 5.76. The number of aromatic nitrogens is 3. The van der Waals surface area contributed by atoms with Crippen molar-refractivity contribution in [2.45, 2.75) is 52.7 Å². The lowest BCUT2D eigenvalue weighted by atomic mass is 9.87. The summed E-state index contributed by atoms with van der Waals surface area (Å²) >= 11 is 0. The molecule has 0 bridgehead atoms. The van der Waals surface area contributed by atoms with E-state index in [0.717, 1.165) is 11.3 Å². The Bertz CT molecular complexity index is 977. The lowest BCUT2D eigenvalue weighted by molar-refractivity contribution is 0.287. The zero-order chi connectivity index (χ0) is 22.4. The van der Waals surface area contributed by atoms with Gasteiger partial charge in [-0.1, -0.05) is 39.0 Å². The highest BCUT2D eigenvalue weighted by Gasteiger charge is 2.18. The van der Waals surface area contributed by atoms with Crippen molar-refractivity contribution in [1.29, 1.82) is 0 Å². The fourth-order valence-corrected chi connectivity index (χ4v) is 3.13. The molecule has 166 valence electrons. The molecule has 0 radical (unpaired) electrons. The number of nitrogens with zero attached hydrogens (tertiary/aromatic N) is 2. The average molecular weight is 425 g/mol. The van der Waals surface area contributed by atoms with Crippen LogP contribution < -0.4 is 19.9 Å². The van der Waals surface area contributed by atoms with Gasteiger partial charge in [-0.2, -0.15) is 5.10 Å². The van der Waals surface area contributed by atoms with Gasteiger partial charge in [0.25, 0.3) is 0 Å². The summed E-state index contributed by atoms with van der Waals surface area (Å²) in [6.45, 7) is 11.8. The van der Waals surface area contributed by atoms with E-state index < -0.39 is 6.04 Å². The van der Waals surface area contributed by atoms with Gasteiger partial charge in [-0.3, -0.25) is 5.10 Å². The molecule has 7 heteroatoms. The first kappa shape index (κ1) is 22.6. The van der Waals surface area contributed by atoms with Crippen molar-refractivity contribution >= 4 is 0 Å². The van der Waals surface area contributed by atoms with Crippen LogP contribution in [0.15, 0.2) is 42.5 Å². The van der Waals surface area contributed by atoms with Crippen molar-refractivity contribution in [3.8, 4) is 17.2 Å². The summed E-state index contributed by atoms with van der Waals surface area (Å²) in [6, 6.07) is 13.3. The maximum absolute atomic E-state index is 6.40. The van der Waals surface area contributed by atoms with Crippen molar-refractivity contribution in [2.75, 3.05) is 13.2 Å². The van der Waals surface area contributed by atoms with E-state index in [4.69, 9.17) is 19.9 Å². The van der Waals surface area contributed by atoms with Crippen molar-refractivity contribution in [2.24, 2.45) is 5.73 Å². The van der Waals surface area contributed by atoms with Crippen LogP contribution >= 0.6 is 0 Å². The minimum atomic E-state index is -0.494. The number of nitrogens with two attached hydrogens (primary N) is 1. The molecular formula is C24H32N4O3. The predicted octanol–water partition coefficient (Wildman–Crippen LogP) is 4.53. The van der Waals surface area contributed by atoms with E-state index in [1.54, 1.807) is 0 Å². The quantitative estimate of drug-likeness (QED) is 0.524. The van der Waals surface area contributed by atoms with Crippen LogP contribution in [0.3, 0.4) is 0 Å². The number of rotatable bonds is 9. The molecule has 0 spiro atoms. The molecule has 3 rings (SSSR count). The number of ether oxygens (including phenoxy) is 3. The summed E-state index contributed by atoms with van der Waals surface area (Å²) in [4.78, 5) is 4.50. The molecule has 0 saturated heterocycles. The fraction of sp³-hybridized carbons (Fsp3) is 0.417. The highest BCUT2D eigenvalue weighted by atomic mass is 16.5. The number of hydrogen-bond donors (Lipinski definition) is 2. The van der Waals surface area contributed by atoms with E-state index in [0.29, 0.717) is 36.4 Å². The van der Waals surface area contributed by atoms with Gasteiger partial charge in [-0.15, -0.1) is 0 Å². The molecule has 0 saturated carbocycles. The summed E-state index contributed by atoms with van der Waals surface area (Å²) in [5.74, 6) is 3.25. The van der Waals surface area contributed by atoms with Gasteiger partial charge in [0, 0.05) is 0 Å². The van der Waals surface area contributed by atoms with Crippen molar-refractivity contribution in [3.63, 3.8) is 0 Å². The smallest absolute Gasteiger partial charge is 0.172 e. The third-order valence-electron chi connectivity index (χ3n) is 4.85. The zero-order valence-electron chi connectivity index (χ0n) is 18.9. The third-order valence-corrected chi connectivity index (χ3v) is 4.85. The Morgan fingerprint density at radius 1 is 0.935 bits per heavy atom. The normalized spacial score (nSPS) is 12.5. The van der Waals surface area contributed by atoms with E-state index >= 15 is 0 Å². The first-order valence-electron chi connectivity index (χ1n) is 10.6. The summed E-state index contributed by atoms with van der Waals surface area (Å²) in [5, 5.41) is 7.18. The van der Waals surface area contributed by atoms with Crippen LogP contribution in [0, 0.1) is 0 Å². The second kappa shape index (κ2) is 9.83. The van der Waals surface area contributed by atoms with E-state index in [2.05, 4.69) is 48.1 Å². The van der Waals surface area contributed by atoms with Gasteiger partial charge in [0.05, 0.1) is 19.3 Å². The van der Waals surface area contributed by atoms with E-state index in [1.807, 2.05) is 44.2 Å². The van der Waals surface area contributed by atoms with Crippen molar-refractivity contribution in [3.05, 3.63) is 65.2 Å². The van der Waals surface area contributed by atoms with Crippen LogP contribution in [0.25, 0.3) is 0 Å².